The molecule has 2 atom stereocenters. The van der Waals surface area contributed by atoms with Gasteiger partial charge in [-0.2, -0.15) is 0 Å². The van der Waals surface area contributed by atoms with Crippen molar-refractivity contribution in [3.05, 3.63) is 29.6 Å². The van der Waals surface area contributed by atoms with Crippen molar-refractivity contribution in [2.75, 3.05) is 13.1 Å². The summed E-state index contributed by atoms with van der Waals surface area (Å²) >= 11 is 0. The number of aryl methyl sites for hydroxylation is 1. The second-order valence-electron chi connectivity index (χ2n) is 7.19. The zero-order chi connectivity index (χ0) is 14.9. The van der Waals surface area contributed by atoms with E-state index >= 15 is 0 Å². The first-order valence-electron chi connectivity index (χ1n) is 8.47. The Labute approximate surface area is 128 Å². The number of aliphatic hydroxyl groups is 1. The number of pyridine rings is 1. The quantitative estimate of drug-likeness (QED) is 0.928. The minimum absolute atomic E-state index is 0.172. The third kappa shape index (κ3) is 2.86. The minimum Gasteiger partial charge on any atom is -0.391 e. The highest BCUT2D eigenvalue weighted by Crippen LogP contribution is 2.39. The highest BCUT2D eigenvalue weighted by Gasteiger charge is 2.42. The molecule has 21 heavy (non-hydrogen) atoms. The van der Waals surface area contributed by atoms with E-state index in [1.807, 2.05) is 12.3 Å². The molecule has 116 valence electrons. The molecule has 0 saturated carbocycles. The molecule has 1 aromatic rings. The van der Waals surface area contributed by atoms with Crippen molar-refractivity contribution in [2.24, 2.45) is 0 Å². The van der Waals surface area contributed by atoms with Crippen molar-refractivity contribution in [2.45, 2.75) is 69.9 Å². The van der Waals surface area contributed by atoms with E-state index in [4.69, 9.17) is 0 Å². The molecule has 1 aliphatic carbocycles. The molecular weight excluding hydrogens is 260 g/mol. The van der Waals surface area contributed by atoms with Crippen molar-refractivity contribution < 1.29 is 5.11 Å². The summed E-state index contributed by atoms with van der Waals surface area (Å²) in [6.45, 7) is 6.66. The fraction of sp³-hybridized carbons (Fsp3) is 0.722. The lowest BCUT2D eigenvalue weighted by Gasteiger charge is -2.43. The fourth-order valence-electron chi connectivity index (χ4n) is 4.08. The molecule has 1 aliphatic heterocycles. The van der Waals surface area contributed by atoms with Gasteiger partial charge >= 0.3 is 0 Å². The molecule has 0 radical (unpaired) electrons. The summed E-state index contributed by atoms with van der Waals surface area (Å²) in [4.78, 5) is 7.07. The van der Waals surface area contributed by atoms with E-state index in [0.29, 0.717) is 0 Å². The third-order valence-electron chi connectivity index (χ3n) is 5.53. The van der Waals surface area contributed by atoms with E-state index in [0.717, 1.165) is 31.6 Å². The highest BCUT2D eigenvalue weighted by atomic mass is 16.3. The molecule has 2 unspecified atom stereocenters. The van der Waals surface area contributed by atoms with Crippen LogP contribution in [0.5, 0.6) is 0 Å². The summed E-state index contributed by atoms with van der Waals surface area (Å²) in [5, 5.41) is 11.1. The Morgan fingerprint density at radius 3 is 2.67 bits per heavy atom. The molecular formula is C18H28N2O. The Bertz CT molecular complexity index is 478. The lowest BCUT2D eigenvalue weighted by Crippen LogP contribution is -2.54. The second kappa shape index (κ2) is 6.05. The number of aromatic nitrogens is 1. The first-order valence-corrected chi connectivity index (χ1v) is 8.47. The molecule has 1 aromatic heterocycles. The Morgan fingerprint density at radius 2 is 1.95 bits per heavy atom. The molecule has 0 aromatic carbocycles. The summed E-state index contributed by atoms with van der Waals surface area (Å²) in [6, 6.07) is 4.17. The first kappa shape index (κ1) is 15.0. The zero-order valence-corrected chi connectivity index (χ0v) is 13.4. The maximum Gasteiger partial charge on any atom is 0.0802 e. The van der Waals surface area contributed by atoms with Crippen LogP contribution in [0.2, 0.25) is 0 Å². The molecule has 0 spiro atoms. The molecule has 1 fully saturated rings. The molecule has 0 amide bonds. The normalized spacial score (nSPS) is 25.4. The molecule has 3 nitrogen and oxygen atoms in total. The van der Waals surface area contributed by atoms with Gasteiger partial charge in [0, 0.05) is 23.3 Å². The van der Waals surface area contributed by atoms with Crippen LogP contribution in [0.4, 0.5) is 0 Å². The predicted molar refractivity (Wildman–Crippen MR) is 85.4 cm³/mol. The van der Waals surface area contributed by atoms with Gasteiger partial charge in [-0.15, -0.1) is 0 Å². The maximum absolute atomic E-state index is 11.1. The average Bonchev–Trinajstić information content (AvgIpc) is 2.71. The van der Waals surface area contributed by atoms with E-state index in [-0.39, 0.29) is 17.6 Å². The van der Waals surface area contributed by atoms with Gasteiger partial charge in [-0.05, 0) is 64.3 Å². The summed E-state index contributed by atoms with van der Waals surface area (Å²) in [7, 11) is 0. The van der Waals surface area contributed by atoms with Crippen molar-refractivity contribution in [3.63, 3.8) is 0 Å². The van der Waals surface area contributed by atoms with Gasteiger partial charge in [0.15, 0.2) is 0 Å². The van der Waals surface area contributed by atoms with E-state index in [1.54, 1.807) is 0 Å². The van der Waals surface area contributed by atoms with Gasteiger partial charge in [-0.3, -0.25) is 9.88 Å². The topological polar surface area (TPSA) is 36.4 Å². The van der Waals surface area contributed by atoms with Gasteiger partial charge in [0.2, 0.25) is 0 Å². The SMILES string of the molecule is CC(C)(C(O)C1CCc2cccnc21)N1CCCCCC1. The first-order chi connectivity index (χ1) is 10.1. The van der Waals surface area contributed by atoms with Gasteiger partial charge < -0.3 is 5.11 Å². The van der Waals surface area contributed by atoms with Crippen LogP contribution >= 0.6 is 0 Å². The third-order valence-corrected chi connectivity index (χ3v) is 5.53. The second-order valence-corrected chi connectivity index (χ2v) is 7.19. The summed E-state index contributed by atoms with van der Waals surface area (Å²) in [5.41, 5.74) is 2.29. The van der Waals surface area contributed by atoms with Crippen LogP contribution < -0.4 is 0 Å². The van der Waals surface area contributed by atoms with Crippen LogP contribution in [0.1, 0.15) is 63.1 Å². The lowest BCUT2D eigenvalue weighted by atomic mass is 9.83. The Balaban J connectivity index is 1.79. The smallest absolute Gasteiger partial charge is 0.0802 e. The van der Waals surface area contributed by atoms with Crippen molar-refractivity contribution in [1.82, 2.24) is 9.88 Å². The monoisotopic (exact) mass is 288 g/mol. The largest absolute Gasteiger partial charge is 0.391 e. The Kier molecular flexibility index (Phi) is 4.32. The Hall–Kier alpha value is -0.930. The predicted octanol–water partition coefficient (Wildman–Crippen LogP) is 3.13. The highest BCUT2D eigenvalue weighted by molar-refractivity contribution is 5.30. The number of rotatable bonds is 3. The van der Waals surface area contributed by atoms with Crippen LogP contribution in [-0.2, 0) is 6.42 Å². The Morgan fingerprint density at radius 1 is 1.24 bits per heavy atom. The van der Waals surface area contributed by atoms with Crippen molar-refractivity contribution in [3.8, 4) is 0 Å². The van der Waals surface area contributed by atoms with E-state index in [2.05, 4.69) is 29.8 Å². The van der Waals surface area contributed by atoms with Crippen molar-refractivity contribution >= 4 is 0 Å². The van der Waals surface area contributed by atoms with Crippen LogP contribution in [0.15, 0.2) is 18.3 Å². The maximum atomic E-state index is 11.1. The van der Waals surface area contributed by atoms with E-state index < -0.39 is 0 Å². The fourth-order valence-corrected chi connectivity index (χ4v) is 4.08. The number of likely N-dealkylation sites (tertiary alicyclic amines) is 1. The summed E-state index contributed by atoms with van der Waals surface area (Å²) in [6.07, 6.45) is 8.79. The molecule has 1 N–H and O–H groups in total. The van der Waals surface area contributed by atoms with Gasteiger partial charge in [-0.1, -0.05) is 18.9 Å². The zero-order valence-electron chi connectivity index (χ0n) is 13.4. The molecule has 2 heterocycles. The molecule has 3 rings (SSSR count). The van der Waals surface area contributed by atoms with Gasteiger partial charge in [-0.25, -0.2) is 0 Å². The molecule has 0 bridgehead atoms. The van der Waals surface area contributed by atoms with Gasteiger partial charge in [0.1, 0.15) is 0 Å². The van der Waals surface area contributed by atoms with E-state index in [9.17, 15) is 5.11 Å². The average molecular weight is 288 g/mol. The minimum atomic E-state index is -0.341. The summed E-state index contributed by atoms with van der Waals surface area (Å²) in [5.74, 6) is 0.194. The van der Waals surface area contributed by atoms with Gasteiger partial charge in [0.25, 0.3) is 0 Å². The van der Waals surface area contributed by atoms with Crippen LogP contribution in [-0.4, -0.2) is 39.7 Å². The molecule has 3 heteroatoms. The standard InChI is InChI=1S/C18H28N2O/c1-18(2,20-12-5-3-4-6-13-20)17(21)15-10-9-14-8-7-11-19-16(14)15/h7-8,11,15,17,21H,3-6,9-10,12-13H2,1-2H3. The number of aliphatic hydroxyl groups excluding tert-OH is 1. The molecule has 1 saturated heterocycles. The number of fused-ring (bicyclic) bond motifs is 1. The van der Waals surface area contributed by atoms with E-state index in [1.165, 1.54) is 31.2 Å². The number of hydrogen-bond acceptors (Lipinski definition) is 3. The summed E-state index contributed by atoms with van der Waals surface area (Å²) < 4.78 is 0. The van der Waals surface area contributed by atoms with Crippen LogP contribution in [0, 0.1) is 0 Å². The lowest BCUT2D eigenvalue weighted by molar-refractivity contribution is -0.0239. The number of nitrogens with zero attached hydrogens (tertiary/aromatic N) is 2. The van der Waals surface area contributed by atoms with Crippen LogP contribution in [0.25, 0.3) is 0 Å². The van der Waals surface area contributed by atoms with Gasteiger partial charge in [0.05, 0.1) is 6.10 Å². The van der Waals surface area contributed by atoms with Crippen molar-refractivity contribution in [1.29, 1.82) is 0 Å². The molecule has 2 aliphatic rings. The number of hydrogen-bond donors (Lipinski definition) is 1. The van der Waals surface area contributed by atoms with Crippen LogP contribution in [0.3, 0.4) is 0 Å².